The summed E-state index contributed by atoms with van der Waals surface area (Å²) in [6.07, 6.45) is 0. The summed E-state index contributed by atoms with van der Waals surface area (Å²) >= 11 is 0. The van der Waals surface area contributed by atoms with Gasteiger partial charge in [-0.25, -0.2) is 4.79 Å². The molecule has 6 nitrogen and oxygen atoms in total. The number of para-hydroxylation sites is 1. The second-order valence-electron chi connectivity index (χ2n) is 6.27. The first kappa shape index (κ1) is 19.9. The highest BCUT2D eigenvalue weighted by molar-refractivity contribution is 5.96. The SMILES string of the molecule is COc1ccc(C)cc1NC(=O)COC(=O)c1ccc(Oc2ccccc2)cc1. The molecule has 0 atom stereocenters. The highest BCUT2D eigenvalue weighted by atomic mass is 16.5. The number of hydrogen-bond donors (Lipinski definition) is 1. The predicted octanol–water partition coefficient (Wildman–Crippen LogP) is 4.59. The lowest BCUT2D eigenvalue weighted by Crippen LogP contribution is -2.21. The zero-order chi connectivity index (χ0) is 20.6. The average molecular weight is 391 g/mol. The minimum absolute atomic E-state index is 0.325. The van der Waals surface area contributed by atoms with Gasteiger partial charge in [0.15, 0.2) is 6.61 Å². The fourth-order valence-corrected chi connectivity index (χ4v) is 2.60. The van der Waals surface area contributed by atoms with E-state index in [0.717, 1.165) is 5.56 Å². The standard InChI is InChI=1S/C23H21NO5/c1-16-8-13-21(27-2)20(14-16)24-22(25)15-28-23(26)17-9-11-19(12-10-17)29-18-6-4-3-5-7-18/h3-14H,15H2,1-2H3,(H,24,25). The Kier molecular flexibility index (Phi) is 6.47. The van der Waals surface area contributed by atoms with Gasteiger partial charge in [0, 0.05) is 0 Å². The fourth-order valence-electron chi connectivity index (χ4n) is 2.60. The summed E-state index contributed by atoms with van der Waals surface area (Å²) in [5.41, 5.74) is 1.82. The van der Waals surface area contributed by atoms with Crippen molar-refractivity contribution < 1.29 is 23.8 Å². The van der Waals surface area contributed by atoms with Crippen LogP contribution in [0.4, 0.5) is 5.69 Å². The quantitative estimate of drug-likeness (QED) is 0.596. The summed E-state index contributed by atoms with van der Waals surface area (Å²) in [5.74, 6) is 0.779. The van der Waals surface area contributed by atoms with Crippen molar-refractivity contribution in [3.05, 3.63) is 83.9 Å². The van der Waals surface area contributed by atoms with Gasteiger partial charge >= 0.3 is 5.97 Å². The first-order chi connectivity index (χ1) is 14.0. The number of methoxy groups -OCH3 is 1. The second kappa shape index (κ2) is 9.41. The maximum atomic E-state index is 12.2. The molecule has 0 heterocycles. The van der Waals surface area contributed by atoms with E-state index in [9.17, 15) is 9.59 Å². The Labute approximate surface area is 169 Å². The van der Waals surface area contributed by atoms with Crippen molar-refractivity contribution in [2.45, 2.75) is 6.92 Å². The second-order valence-corrected chi connectivity index (χ2v) is 6.27. The van der Waals surface area contributed by atoms with Crippen molar-refractivity contribution in [1.82, 2.24) is 0 Å². The van der Waals surface area contributed by atoms with Crippen molar-refractivity contribution in [2.75, 3.05) is 19.0 Å². The number of amides is 1. The van der Waals surface area contributed by atoms with Crippen LogP contribution >= 0.6 is 0 Å². The number of esters is 1. The molecule has 148 valence electrons. The van der Waals surface area contributed by atoms with Crippen LogP contribution < -0.4 is 14.8 Å². The molecule has 0 saturated carbocycles. The summed E-state index contributed by atoms with van der Waals surface area (Å²) < 4.78 is 16.0. The van der Waals surface area contributed by atoms with Crippen molar-refractivity contribution in [2.24, 2.45) is 0 Å². The minimum atomic E-state index is -0.595. The lowest BCUT2D eigenvalue weighted by atomic mass is 10.2. The summed E-state index contributed by atoms with van der Waals surface area (Å²) in [4.78, 5) is 24.3. The molecule has 3 aromatic carbocycles. The fraction of sp³-hybridized carbons (Fsp3) is 0.130. The zero-order valence-electron chi connectivity index (χ0n) is 16.2. The highest BCUT2D eigenvalue weighted by Gasteiger charge is 2.12. The molecule has 0 aliphatic rings. The van der Waals surface area contributed by atoms with Crippen molar-refractivity contribution in [3.8, 4) is 17.2 Å². The normalized spacial score (nSPS) is 10.1. The number of nitrogens with one attached hydrogen (secondary N) is 1. The van der Waals surface area contributed by atoms with Gasteiger partial charge < -0.3 is 19.5 Å². The average Bonchev–Trinajstić information content (AvgIpc) is 2.73. The Morgan fingerprint density at radius 2 is 1.59 bits per heavy atom. The van der Waals surface area contributed by atoms with E-state index in [1.54, 1.807) is 36.4 Å². The Morgan fingerprint density at radius 1 is 0.897 bits per heavy atom. The molecule has 29 heavy (non-hydrogen) atoms. The number of hydrogen-bond acceptors (Lipinski definition) is 5. The Morgan fingerprint density at radius 3 is 2.28 bits per heavy atom. The molecule has 6 heteroatoms. The largest absolute Gasteiger partial charge is 0.495 e. The molecule has 0 bridgehead atoms. The van der Waals surface area contributed by atoms with Gasteiger partial charge in [-0.15, -0.1) is 0 Å². The van der Waals surface area contributed by atoms with Gasteiger partial charge in [0.1, 0.15) is 17.2 Å². The number of ether oxygens (including phenoxy) is 3. The number of carbonyl (C=O) groups is 2. The zero-order valence-corrected chi connectivity index (χ0v) is 16.2. The summed E-state index contributed by atoms with van der Waals surface area (Å²) in [6, 6.07) is 21.2. The molecule has 0 aliphatic carbocycles. The third kappa shape index (κ3) is 5.59. The molecule has 3 aromatic rings. The molecule has 0 spiro atoms. The van der Waals surface area contributed by atoms with E-state index in [-0.39, 0.29) is 0 Å². The Hall–Kier alpha value is -3.80. The van der Waals surface area contributed by atoms with Gasteiger partial charge in [0.25, 0.3) is 5.91 Å². The van der Waals surface area contributed by atoms with Gasteiger partial charge in [-0.1, -0.05) is 24.3 Å². The molecule has 0 aromatic heterocycles. The van der Waals surface area contributed by atoms with Crippen LogP contribution in [0.5, 0.6) is 17.2 Å². The van der Waals surface area contributed by atoms with Crippen LogP contribution in [-0.2, 0) is 9.53 Å². The smallest absolute Gasteiger partial charge is 0.338 e. The van der Waals surface area contributed by atoms with Gasteiger partial charge in [0.2, 0.25) is 0 Å². The number of rotatable bonds is 7. The van der Waals surface area contributed by atoms with Gasteiger partial charge in [-0.3, -0.25) is 4.79 Å². The molecular formula is C23H21NO5. The molecule has 0 fully saturated rings. The number of benzene rings is 3. The van der Waals surface area contributed by atoms with Crippen molar-refractivity contribution in [3.63, 3.8) is 0 Å². The van der Waals surface area contributed by atoms with Crippen LogP contribution in [0.3, 0.4) is 0 Å². The van der Waals surface area contributed by atoms with Gasteiger partial charge in [-0.05, 0) is 61.0 Å². The number of carbonyl (C=O) groups excluding carboxylic acids is 2. The van der Waals surface area contributed by atoms with E-state index in [2.05, 4.69) is 5.32 Å². The lowest BCUT2D eigenvalue weighted by Gasteiger charge is -2.11. The summed E-state index contributed by atoms with van der Waals surface area (Å²) in [6.45, 7) is 1.50. The molecule has 0 saturated heterocycles. The van der Waals surface area contributed by atoms with Crippen LogP contribution in [0.2, 0.25) is 0 Å². The molecule has 0 aliphatic heterocycles. The van der Waals surface area contributed by atoms with Crippen LogP contribution in [0.25, 0.3) is 0 Å². The Balaban J connectivity index is 1.54. The van der Waals surface area contributed by atoms with E-state index in [1.165, 1.54) is 7.11 Å². The van der Waals surface area contributed by atoms with Crippen molar-refractivity contribution >= 4 is 17.6 Å². The lowest BCUT2D eigenvalue weighted by molar-refractivity contribution is -0.119. The summed E-state index contributed by atoms with van der Waals surface area (Å²) in [5, 5.41) is 2.68. The third-order valence-electron chi connectivity index (χ3n) is 4.03. The molecule has 0 unspecified atom stereocenters. The summed E-state index contributed by atoms with van der Waals surface area (Å²) in [7, 11) is 1.52. The maximum Gasteiger partial charge on any atom is 0.338 e. The molecular weight excluding hydrogens is 370 g/mol. The van der Waals surface area contributed by atoms with Crippen LogP contribution in [-0.4, -0.2) is 25.6 Å². The van der Waals surface area contributed by atoms with E-state index in [1.807, 2.05) is 43.3 Å². The highest BCUT2D eigenvalue weighted by Crippen LogP contribution is 2.25. The monoisotopic (exact) mass is 391 g/mol. The topological polar surface area (TPSA) is 73.9 Å². The third-order valence-corrected chi connectivity index (χ3v) is 4.03. The van der Waals surface area contributed by atoms with Crippen LogP contribution in [0.15, 0.2) is 72.8 Å². The van der Waals surface area contributed by atoms with E-state index < -0.39 is 18.5 Å². The van der Waals surface area contributed by atoms with E-state index in [0.29, 0.717) is 28.5 Å². The number of anilines is 1. The van der Waals surface area contributed by atoms with Gasteiger partial charge in [-0.2, -0.15) is 0 Å². The van der Waals surface area contributed by atoms with Crippen molar-refractivity contribution in [1.29, 1.82) is 0 Å². The predicted molar refractivity (Wildman–Crippen MR) is 110 cm³/mol. The van der Waals surface area contributed by atoms with Crippen LogP contribution in [0.1, 0.15) is 15.9 Å². The minimum Gasteiger partial charge on any atom is -0.495 e. The Bertz CT molecular complexity index is 984. The first-order valence-corrected chi connectivity index (χ1v) is 9.00. The van der Waals surface area contributed by atoms with E-state index in [4.69, 9.17) is 14.2 Å². The van der Waals surface area contributed by atoms with Crippen LogP contribution in [0, 0.1) is 6.92 Å². The molecule has 0 radical (unpaired) electrons. The molecule has 3 rings (SSSR count). The van der Waals surface area contributed by atoms with E-state index >= 15 is 0 Å². The first-order valence-electron chi connectivity index (χ1n) is 9.00. The number of aryl methyl sites for hydroxylation is 1. The van der Waals surface area contributed by atoms with Gasteiger partial charge in [0.05, 0.1) is 18.4 Å². The molecule has 1 amide bonds. The maximum absolute atomic E-state index is 12.2. The molecule has 1 N–H and O–H groups in total.